The maximum Gasteiger partial charge on any atom is 0.256 e. The molecule has 24 heavy (non-hydrogen) atoms. The monoisotopic (exact) mass is 327 g/mol. The summed E-state index contributed by atoms with van der Waals surface area (Å²) in [5.74, 6) is -0.204. The van der Waals surface area contributed by atoms with Crippen molar-refractivity contribution >= 4 is 5.91 Å². The molecule has 2 aliphatic rings. The zero-order valence-corrected chi connectivity index (χ0v) is 13.6. The smallest absolute Gasteiger partial charge is 0.256 e. The number of nitrogens with one attached hydrogen (secondary N) is 2. The Hall–Kier alpha value is -2.14. The molecule has 0 bridgehead atoms. The number of carbonyl (C=O) groups is 1. The zero-order chi connectivity index (χ0) is 16.6. The Labute approximate surface area is 141 Å². The van der Waals surface area contributed by atoms with Crippen LogP contribution >= 0.6 is 0 Å². The number of hydrogen-bond donors (Lipinski definition) is 2. The number of amides is 1. The molecule has 0 unspecified atom stereocenters. The van der Waals surface area contributed by atoms with Crippen molar-refractivity contribution in [2.24, 2.45) is 5.41 Å². The van der Waals surface area contributed by atoms with Crippen LogP contribution in [0.2, 0.25) is 0 Å². The minimum atomic E-state index is -0.270. The number of carbonyl (C=O) groups excluding carboxylic acids is 1. The first kappa shape index (κ1) is 15.4. The summed E-state index contributed by atoms with van der Waals surface area (Å²) in [5.41, 5.74) is 2.76. The first-order chi connectivity index (χ1) is 11.7. The first-order valence-corrected chi connectivity index (χ1v) is 8.60. The molecule has 5 heteroatoms. The van der Waals surface area contributed by atoms with E-state index in [1.165, 1.54) is 18.6 Å². The summed E-state index contributed by atoms with van der Waals surface area (Å²) in [4.78, 5) is 17.9. The van der Waals surface area contributed by atoms with Crippen molar-refractivity contribution in [3.05, 3.63) is 48.0 Å². The van der Waals surface area contributed by atoms with Gasteiger partial charge in [-0.15, -0.1) is 0 Å². The number of rotatable bonds is 2. The number of aromatic amines is 1. The van der Waals surface area contributed by atoms with Crippen LogP contribution in [0.25, 0.3) is 11.1 Å². The molecule has 1 spiro atoms. The summed E-state index contributed by atoms with van der Waals surface area (Å²) in [5, 5.41) is 3.45. The van der Waals surface area contributed by atoms with Crippen LogP contribution in [0.1, 0.15) is 29.6 Å². The molecule has 2 saturated heterocycles. The highest BCUT2D eigenvalue weighted by Crippen LogP contribution is 2.37. The molecule has 4 rings (SSSR count). The van der Waals surface area contributed by atoms with Crippen LogP contribution in [0.4, 0.5) is 4.39 Å². The van der Waals surface area contributed by atoms with Crippen LogP contribution in [0.3, 0.4) is 0 Å². The predicted molar refractivity (Wildman–Crippen MR) is 91.2 cm³/mol. The van der Waals surface area contributed by atoms with Crippen molar-refractivity contribution < 1.29 is 9.18 Å². The maximum absolute atomic E-state index is 13.1. The molecule has 2 fully saturated rings. The lowest BCUT2D eigenvalue weighted by atomic mass is 9.77. The second-order valence-corrected chi connectivity index (χ2v) is 7.01. The highest BCUT2D eigenvalue weighted by Gasteiger charge is 2.38. The van der Waals surface area contributed by atoms with Gasteiger partial charge in [0.2, 0.25) is 0 Å². The molecule has 0 saturated carbocycles. The van der Waals surface area contributed by atoms with Gasteiger partial charge in [0, 0.05) is 37.6 Å². The van der Waals surface area contributed by atoms with Crippen LogP contribution < -0.4 is 5.32 Å². The molecule has 2 aliphatic heterocycles. The van der Waals surface area contributed by atoms with E-state index in [2.05, 4.69) is 10.3 Å². The van der Waals surface area contributed by atoms with Gasteiger partial charge in [0.25, 0.3) is 5.91 Å². The van der Waals surface area contributed by atoms with Gasteiger partial charge in [-0.2, -0.15) is 0 Å². The number of piperidine rings is 1. The second-order valence-electron chi connectivity index (χ2n) is 7.01. The van der Waals surface area contributed by atoms with Gasteiger partial charge in [0.05, 0.1) is 5.56 Å². The van der Waals surface area contributed by atoms with E-state index in [1.807, 2.05) is 11.1 Å². The third-order valence-corrected chi connectivity index (χ3v) is 5.57. The van der Waals surface area contributed by atoms with E-state index < -0.39 is 0 Å². The third kappa shape index (κ3) is 2.73. The lowest BCUT2D eigenvalue weighted by Gasteiger charge is -2.38. The zero-order valence-electron chi connectivity index (χ0n) is 13.6. The lowest BCUT2D eigenvalue weighted by Crippen LogP contribution is -2.44. The molecule has 0 radical (unpaired) electrons. The summed E-state index contributed by atoms with van der Waals surface area (Å²) in [6.45, 7) is 3.81. The fourth-order valence-electron chi connectivity index (χ4n) is 3.99. The number of nitrogens with zero attached hydrogens (tertiary/aromatic N) is 1. The number of likely N-dealkylation sites (tertiary alicyclic amines) is 1. The highest BCUT2D eigenvalue weighted by molar-refractivity contribution is 6.00. The average molecular weight is 327 g/mol. The maximum atomic E-state index is 13.1. The summed E-state index contributed by atoms with van der Waals surface area (Å²) >= 11 is 0. The molecule has 1 aromatic heterocycles. The Morgan fingerprint density at radius 3 is 2.50 bits per heavy atom. The van der Waals surface area contributed by atoms with Crippen molar-refractivity contribution in [1.29, 1.82) is 0 Å². The summed E-state index contributed by atoms with van der Waals surface area (Å²) in [6.07, 6.45) is 6.93. The summed E-state index contributed by atoms with van der Waals surface area (Å²) < 4.78 is 13.1. The SMILES string of the molecule is O=C(c1c[nH]cc1-c1ccc(F)cc1)N1CCC2(CCNC2)CC1. The number of halogens is 1. The number of hydrogen-bond acceptors (Lipinski definition) is 2. The lowest BCUT2D eigenvalue weighted by molar-refractivity contribution is 0.0608. The number of benzene rings is 1. The number of H-pyrrole nitrogens is 1. The average Bonchev–Trinajstić information content (AvgIpc) is 3.26. The van der Waals surface area contributed by atoms with E-state index in [4.69, 9.17) is 0 Å². The standard InChI is InChI=1S/C19H22FN3O/c20-15-3-1-14(2-4-15)16-11-22-12-17(16)18(24)23-9-6-19(7-10-23)5-8-21-13-19/h1-4,11-12,21-22H,5-10,13H2. The van der Waals surface area contributed by atoms with E-state index in [9.17, 15) is 9.18 Å². The van der Waals surface area contributed by atoms with Crippen molar-refractivity contribution in [3.63, 3.8) is 0 Å². The quantitative estimate of drug-likeness (QED) is 0.891. The fraction of sp³-hybridized carbons (Fsp3) is 0.421. The van der Waals surface area contributed by atoms with Gasteiger partial charge in [0.15, 0.2) is 0 Å². The summed E-state index contributed by atoms with van der Waals surface area (Å²) in [6, 6.07) is 6.28. The molecule has 126 valence electrons. The van der Waals surface area contributed by atoms with E-state index >= 15 is 0 Å². The predicted octanol–water partition coefficient (Wildman–Crippen LogP) is 3.04. The summed E-state index contributed by atoms with van der Waals surface area (Å²) in [7, 11) is 0. The molecule has 2 aromatic rings. The molecule has 1 aromatic carbocycles. The normalized spacial score (nSPS) is 19.8. The Morgan fingerprint density at radius 2 is 1.83 bits per heavy atom. The second kappa shape index (κ2) is 6.06. The Morgan fingerprint density at radius 1 is 1.08 bits per heavy atom. The Kier molecular flexibility index (Phi) is 3.88. The van der Waals surface area contributed by atoms with Crippen molar-refractivity contribution in [1.82, 2.24) is 15.2 Å². The van der Waals surface area contributed by atoms with Crippen LogP contribution in [0.15, 0.2) is 36.7 Å². The van der Waals surface area contributed by atoms with Gasteiger partial charge >= 0.3 is 0 Å². The van der Waals surface area contributed by atoms with Crippen molar-refractivity contribution in [2.45, 2.75) is 19.3 Å². The molecule has 0 aliphatic carbocycles. The Balaban J connectivity index is 1.51. The number of aromatic nitrogens is 1. The van der Waals surface area contributed by atoms with Gasteiger partial charge in [-0.25, -0.2) is 4.39 Å². The molecule has 2 N–H and O–H groups in total. The highest BCUT2D eigenvalue weighted by atomic mass is 19.1. The van der Waals surface area contributed by atoms with Crippen LogP contribution in [0.5, 0.6) is 0 Å². The largest absolute Gasteiger partial charge is 0.366 e. The van der Waals surface area contributed by atoms with Crippen molar-refractivity contribution in [2.75, 3.05) is 26.2 Å². The van der Waals surface area contributed by atoms with Crippen LogP contribution in [0, 0.1) is 11.2 Å². The molecule has 1 amide bonds. The molecule has 0 atom stereocenters. The molecule has 3 heterocycles. The minimum absolute atomic E-state index is 0.0661. The minimum Gasteiger partial charge on any atom is -0.366 e. The van der Waals surface area contributed by atoms with Gasteiger partial charge < -0.3 is 15.2 Å². The van der Waals surface area contributed by atoms with Gasteiger partial charge in [-0.1, -0.05) is 12.1 Å². The molecular weight excluding hydrogens is 305 g/mol. The molecule has 4 nitrogen and oxygen atoms in total. The van der Waals surface area contributed by atoms with E-state index in [-0.39, 0.29) is 11.7 Å². The van der Waals surface area contributed by atoms with Crippen LogP contribution in [-0.4, -0.2) is 42.0 Å². The molecular formula is C19H22FN3O. The Bertz CT molecular complexity index is 721. The van der Waals surface area contributed by atoms with Crippen molar-refractivity contribution in [3.8, 4) is 11.1 Å². The van der Waals surface area contributed by atoms with Gasteiger partial charge in [0.1, 0.15) is 5.82 Å². The first-order valence-electron chi connectivity index (χ1n) is 8.60. The van der Waals surface area contributed by atoms with E-state index in [1.54, 1.807) is 18.3 Å². The fourth-order valence-corrected chi connectivity index (χ4v) is 3.99. The van der Waals surface area contributed by atoms with Crippen LogP contribution in [-0.2, 0) is 0 Å². The third-order valence-electron chi connectivity index (χ3n) is 5.57. The van der Waals surface area contributed by atoms with E-state index in [0.29, 0.717) is 11.0 Å². The van der Waals surface area contributed by atoms with E-state index in [0.717, 1.165) is 50.1 Å². The topological polar surface area (TPSA) is 48.1 Å². The van der Waals surface area contributed by atoms with Gasteiger partial charge in [-0.3, -0.25) is 4.79 Å². The van der Waals surface area contributed by atoms with Gasteiger partial charge in [-0.05, 0) is 48.9 Å².